The zero-order chi connectivity index (χ0) is 19.4. The first-order chi connectivity index (χ1) is 13.0. The Morgan fingerprint density at radius 2 is 1.67 bits per heavy atom. The van der Waals surface area contributed by atoms with Gasteiger partial charge in [0.05, 0.1) is 13.5 Å². The topological polar surface area (TPSA) is 49.9 Å². The highest BCUT2D eigenvalue weighted by Crippen LogP contribution is 2.17. The second-order valence-corrected chi connectivity index (χ2v) is 7.01. The van der Waals surface area contributed by atoms with Gasteiger partial charge >= 0.3 is 0 Å². The van der Waals surface area contributed by atoms with E-state index in [2.05, 4.69) is 13.0 Å². The minimum atomic E-state index is -0.0182. The molecule has 1 saturated heterocycles. The second kappa shape index (κ2) is 8.25. The molecule has 0 radical (unpaired) electrons. The van der Waals surface area contributed by atoms with Gasteiger partial charge in [0.15, 0.2) is 0 Å². The fraction of sp³-hybridized carbons (Fsp3) is 0.364. The third-order valence-electron chi connectivity index (χ3n) is 5.08. The molecule has 0 N–H and O–H groups in total. The maximum atomic E-state index is 12.7. The summed E-state index contributed by atoms with van der Waals surface area (Å²) in [5.74, 6) is 0.772. The molecule has 2 aromatic carbocycles. The molecule has 1 heterocycles. The molecular formula is C22H26N2O3. The molecule has 0 unspecified atom stereocenters. The van der Waals surface area contributed by atoms with Crippen molar-refractivity contribution in [2.45, 2.75) is 20.3 Å². The third-order valence-corrected chi connectivity index (χ3v) is 5.08. The Bertz CT molecular complexity index is 839. The highest BCUT2D eigenvalue weighted by molar-refractivity contribution is 5.94. The summed E-state index contributed by atoms with van der Waals surface area (Å²) >= 11 is 0. The summed E-state index contributed by atoms with van der Waals surface area (Å²) < 4.78 is 5.19. The van der Waals surface area contributed by atoms with Gasteiger partial charge in [0, 0.05) is 31.7 Å². The van der Waals surface area contributed by atoms with Gasteiger partial charge in [0.25, 0.3) is 5.91 Å². The first-order valence-corrected chi connectivity index (χ1v) is 9.25. The van der Waals surface area contributed by atoms with Crippen LogP contribution in [0.4, 0.5) is 0 Å². The summed E-state index contributed by atoms with van der Waals surface area (Å²) in [6.07, 6.45) is 0.413. The van der Waals surface area contributed by atoms with Crippen LogP contribution in [0.5, 0.6) is 5.75 Å². The van der Waals surface area contributed by atoms with E-state index in [9.17, 15) is 9.59 Å². The molecule has 0 spiro atoms. The lowest BCUT2D eigenvalue weighted by Gasteiger charge is -2.35. The number of carbonyl (C=O) groups is 2. The Balaban J connectivity index is 1.57. The average Bonchev–Trinajstić information content (AvgIpc) is 2.69. The second-order valence-electron chi connectivity index (χ2n) is 7.01. The third kappa shape index (κ3) is 4.48. The van der Waals surface area contributed by atoms with E-state index in [1.807, 2.05) is 36.1 Å². The largest absolute Gasteiger partial charge is 0.497 e. The van der Waals surface area contributed by atoms with Gasteiger partial charge in [0.1, 0.15) is 5.75 Å². The quantitative estimate of drug-likeness (QED) is 0.836. The molecule has 0 aromatic heterocycles. The van der Waals surface area contributed by atoms with Crippen molar-refractivity contribution >= 4 is 11.8 Å². The molecule has 1 fully saturated rings. The van der Waals surface area contributed by atoms with Gasteiger partial charge < -0.3 is 14.5 Å². The van der Waals surface area contributed by atoms with Crippen LogP contribution in [-0.2, 0) is 11.2 Å². The summed E-state index contributed by atoms with van der Waals surface area (Å²) in [6, 6.07) is 13.4. The van der Waals surface area contributed by atoms with Crippen molar-refractivity contribution in [1.82, 2.24) is 9.80 Å². The van der Waals surface area contributed by atoms with Crippen LogP contribution in [0.2, 0.25) is 0 Å². The van der Waals surface area contributed by atoms with E-state index >= 15 is 0 Å². The van der Waals surface area contributed by atoms with Crippen LogP contribution in [0.15, 0.2) is 42.5 Å². The highest BCUT2D eigenvalue weighted by Gasteiger charge is 2.25. The fourth-order valence-electron chi connectivity index (χ4n) is 3.42. The van der Waals surface area contributed by atoms with Gasteiger partial charge in [-0.25, -0.2) is 0 Å². The van der Waals surface area contributed by atoms with E-state index in [4.69, 9.17) is 4.74 Å². The van der Waals surface area contributed by atoms with E-state index in [-0.39, 0.29) is 11.8 Å². The van der Waals surface area contributed by atoms with E-state index in [1.54, 1.807) is 24.1 Å². The molecule has 142 valence electrons. The maximum Gasteiger partial charge on any atom is 0.254 e. The van der Waals surface area contributed by atoms with Crippen molar-refractivity contribution in [3.63, 3.8) is 0 Å². The Morgan fingerprint density at radius 1 is 0.963 bits per heavy atom. The SMILES string of the molecule is COc1cccc(C(=O)N2CCN(C(=O)Cc3ccc(C)cc3C)CC2)c1. The summed E-state index contributed by atoms with van der Waals surface area (Å²) in [4.78, 5) is 29.0. The normalized spacial score (nSPS) is 14.2. The van der Waals surface area contributed by atoms with Crippen molar-refractivity contribution in [2.75, 3.05) is 33.3 Å². The average molecular weight is 366 g/mol. The lowest BCUT2D eigenvalue weighted by molar-refractivity contribution is -0.131. The molecule has 2 amide bonds. The van der Waals surface area contributed by atoms with Crippen molar-refractivity contribution < 1.29 is 14.3 Å². The predicted molar refractivity (Wildman–Crippen MR) is 105 cm³/mol. The van der Waals surface area contributed by atoms with Crippen LogP contribution >= 0.6 is 0 Å². The number of benzene rings is 2. The van der Waals surface area contributed by atoms with Gasteiger partial charge in [-0.3, -0.25) is 9.59 Å². The van der Waals surface area contributed by atoms with E-state index < -0.39 is 0 Å². The number of aryl methyl sites for hydroxylation is 2. The highest BCUT2D eigenvalue weighted by atomic mass is 16.5. The number of carbonyl (C=O) groups excluding carboxylic acids is 2. The molecule has 1 aliphatic heterocycles. The monoisotopic (exact) mass is 366 g/mol. The Kier molecular flexibility index (Phi) is 5.79. The molecule has 0 bridgehead atoms. The molecule has 0 aliphatic carbocycles. The zero-order valence-corrected chi connectivity index (χ0v) is 16.2. The zero-order valence-electron chi connectivity index (χ0n) is 16.2. The van der Waals surface area contributed by atoms with Crippen LogP contribution in [0.1, 0.15) is 27.0 Å². The minimum Gasteiger partial charge on any atom is -0.497 e. The number of hydrogen-bond acceptors (Lipinski definition) is 3. The molecule has 5 heteroatoms. The number of methoxy groups -OCH3 is 1. The van der Waals surface area contributed by atoms with Crippen LogP contribution in [0.25, 0.3) is 0 Å². The first kappa shape index (κ1) is 19.0. The van der Waals surface area contributed by atoms with E-state index in [0.717, 1.165) is 11.1 Å². The molecular weight excluding hydrogens is 340 g/mol. The molecule has 0 saturated carbocycles. The molecule has 27 heavy (non-hydrogen) atoms. The number of nitrogens with zero attached hydrogens (tertiary/aromatic N) is 2. The standard InChI is InChI=1S/C22H26N2O3/c1-16-7-8-18(17(2)13-16)15-21(25)23-9-11-24(12-10-23)22(26)19-5-4-6-20(14-19)27-3/h4-8,13-14H,9-12,15H2,1-3H3. The van der Waals surface area contributed by atoms with Crippen molar-refractivity contribution in [3.8, 4) is 5.75 Å². The maximum absolute atomic E-state index is 12.7. The van der Waals surface area contributed by atoms with E-state index in [0.29, 0.717) is 43.9 Å². The Labute approximate surface area is 160 Å². The van der Waals surface area contributed by atoms with Crippen LogP contribution in [-0.4, -0.2) is 54.9 Å². The van der Waals surface area contributed by atoms with Gasteiger partial charge in [0.2, 0.25) is 5.91 Å². The van der Waals surface area contributed by atoms with Crippen LogP contribution < -0.4 is 4.74 Å². The smallest absolute Gasteiger partial charge is 0.254 e. The molecule has 1 aliphatic rings. The first-order valence-electron chi connectivity index (χ1n) is 9.25. The minimum absolute atomic E-state index is 0.0182. The van der Waals surface area contributed by atoms with E-state index in [1.165, 1.54) is 5.56 Å². The summed E-state index contributed by atoms with van der Waals surface area (Å²) in [7, 11) is 1.59. The number of rotatable bonds is 4. The van der Waals surface area contributed by atoms with Gasteiger partial charge in [-0.2, -0.15) is 0 Å². The molecule has 5 nitrogen and oxygen atoms in total. The fourth-order valence-corrected chi connectivity index (χ4v) is 3.42. The van der Waals surface area contributed by atoms with Crippen molar-refractivity contribution in [2.24, 2.45) is 0 Å². The van der Waals surface area contributed by atoms with Gasteiger partial charge in [-0.05, 0) is 43.2 Å². The molecule has 3 rings (SSSR count). The van der Waals surface area contributed by atoms with Crippen molar-refractivity contribution in [1.29, 1.82) is 0 Å². The predicted octanol–water partition coefficient (Wildman–Crippen LogP) is 2.84. The number of piperazine rings is 1. The number of hydrogen-bond donors (Lipinski definition) is 0. The summed E-state index contributed by atoms with van der Waals surface area (Å²) in [5.41, 5.74) is 4.04. The molecule has 2 aromatic rings. The lowest BCUT2D eigenvalue weighted by atomic mass is 10.0. The summed E-state index contributed by atoms with van der Waals surface area (Å²) in [5, 5.41) is 0. The van der Waals surface area contributed by atoms with Crippen molar-refractivity contribution in [3.05, 3.63) is 64.7 Å². The van der Waals surface area contributed by atoms with Crippen LogP contribution in [0, 0.1) is 13.8 Å². The number of amides is 2. The number of ether oxygens (including phenoxy) is 1. The van der Waals surface area contributed by atoms with Gasteiger partial charge in [-0.15, -0.1) is 0 Å². The van der Waals surface area contributed by atoms with Crippen LogP contribution in [0.3, 0.4) is 0 Å². The molecule has 0 atom stereocenters. The van der Waals surface area contributed by atoms with Gasteiger partial charge in [-0.1, -0.05) is 29.8 Å². The Morgan fingerprint density at radius 3 is 2.33 bits per heavy atom. The Hall–Kier alpha value is -2.82. The lowest BCUT2D eigenvalue weighted by Crippen LogP contribution is -2.51. The summed E-state index contributed by atoms with van der Waals surface area (Å²) in [6.45, 7) is 6.33.